The van der Waals surface area contributed by atoms with Crippen LogP contribution >= 0.6 is 0 Å². The third-order valence-corrected chi connectivity index (χ3v) is 3.63. The summed E-state index contributed by atoms with van der Waals surface area (Å²) in [5.41, 5.74) is 2.55. The Kier molecular flexibility index (Phi) is 7.04. The van der Waals surface area contributed by atoms with Crippen molar-refractivity contribution >= 4 is 0 Å². The number of hydrogen-bond donors (Lipinski definition) is 0. The van der Waals surface area contributed by atoms with Crippen LogP contribution in [0.2, 0.25) is 0 Å². The first kappa shape index (κ1) is 17.4. The van der Waals surface area contributed by atoms with Gasteiger partial charge in [0.05, 0.1) is 6.61 Å². The topological polar surface area (TPSA) is 28.6 Å². The monoisotopic (exact) mass is 313 g/mol. The molecule has 1 aromatic heterocycles. The molecule has 1 heterocycles. The molecule has 0 spiro atoms. The first-order valence-electron chi connectivity index (χ1n) is 8.15. The van der Waals surface area contributed by atoms with E-state index in [-0.39, 0.29) is 0 Å². The number of pyridine rings is 1. The molecule has 1 aromatic carbocycles. The van der Waals surface area contributed by atoms with Crippen molar-refractivity contribution in [2.75, 3.05) is 33.8 Å². The number of ether oxygens (including phenoxy) is 1. The molecule has 0 radical (unpaired) electrons. The van der Waals surface area contributed by atoms with E-state index in [0.717, 1.165) is 31.9 Å². The van der Waals surface area contributed by atoms with E-state index < -0.39 is 0 Å². The fourth-order valence-electron chi connectivity index (χ4n) is 2.42. The molecule has 4 nitrogen and oxygen atoms in total. The van der Waals surface area contributed by atoms with E-state index in [9.17, 15) is 0 Å². The van der Waals surface area contributed by atoms with Crippen molar-refractivity contribution in [1.82, 2.24) is 14.8 Å². The zero-order valence-corrected chi connectivity index (χ0v) is 14.4. The van der Waals surface area contributed by atoms with Crippen LogP contribution in [0.5, 0.6) is 5.75 Å². The summed E-state index contributed by atoms with van der Waals surface area (Å²) in [6.07, 6.45) is 3.76. The minimum absolute atomic E-state index is 0.704. The van der Waals surface area contributed by atoms with Crippen LogP contribution in [-0.4, -0.2) is 48.6 Å². The van der Waals surface area contributed by atoms with E-state index in [2.05, 4.69) is 47.1 Å². The molecule has 0 aliphatic carbocycles. The van der Waals surface area contributed by atoms with Gasteiger partial charge in [-0.15, -0.1) is 0 Å². The third-order valence-electron chi connectivity index (χ3n) is 3.63. The second-order valence-corrected chi connectivity index (χ2v) is 5.95. The molecule has 0 N–H and O–H groups in total. The van der Waals surface area contributed by atoms with E-state index >= 15 is 0 Å². The molecule has 0 aliphatic heterocycles. The summed E-state index contributed by atoms with van der Waals surface area (Å²) in [6.45, 7) is 6.61. The van der Waals surface area contributed by atoms with Gasteiger partial charge in [-0.1, -0.05) is 18.2 Å². The Morgan fingerprint density at radius 3 is 2.30 bits per heavy atom. The van der Waals surface area contributed by atoms with Gasteiger partial charge >= 0.3 is 0 Å². The molecule has 2 rings (SSSR count). The maximum absolute atomic E-state index is 5.51. The van der Waals surface area contributed by atoms with Gasteiger partial charge in [-0.2, -0.15) is 0 Å². The molecule has 0 saturated heterocycles. The Labute approximate surface area is 139 Å². The van der Waals surface area contributed by atoms with Crippen molar-refractivity contribution in [3.05, 3.63) is 59.9 Å². The van der Waals surface area contributed by atoms with Gasteiger partial charge in [-0.3, -0.25) is 9.88 Å². The normalized spacial score (nSPS) is 11.2. The highest BCUT2D eigenvalue weighted by Gasteiger charge is 2.08. The van der Waals surface area contributed by atoms with Crippen LogP contribution in [0.3, 0.4) is 0 Å². The SMILES string of the molecule is CCOc1ccc(CN(CCN(C)C)Cc2cccnc2)cc1. The molecular weight excluding hydrogens is 286 g/mol. The summed E-state index contributed by atoms with van der Waals surface area (Å²) in [6, 6.07) is 12.5. The second kappa shape index (κ2) is 9.28. The van der Waals surface area contributed by atoms with Gasteiger partial charge in [0.15, 0.2) is 0 Å². The smallest absolute Gasteiger partial charge is 0.119 e. The third kappa shape index (κ3) is 6.38. The van der Waals surface area contributed by atoms with Crippen molar-refractivity contribution in [2.24, 2.45) is 0 Å². The van der Waals surface area contributed by atoms with Crippen LogP contribution in [0.4, 0.5) is 0 Å². The summed E-state index contributed by atoms with van der Waals surface area (Å²) in [7, 11) is 4.22. The van der Waals surface area contributed by atoms with E-state index in [1.165, 1.54) is 11.1 Å². The summed E-state index contributed by atoms with van der Waals surface area (Å²) in [5.74, 6) is 0.934. The number of benzene rings is 1. The number of hydrogen-bond acceptors (Lipinski definition) is 4. The van der Waals surface area contributed by atoms with Crippen LogP contribution in [-0.2, 0) is 13.1 Å². The van der Waals surface area contributed by atoms with Crippen LogP contribution in [0.25, 0.3) is 0 Å². The Bertz CT molecular complexity index is 555. The summed E-state index contributed by atoms with van der Waals surface area (Å²) >= 11 is 0. The zero-order chi connectivity index (χ0) is 16.5. The molecular formula is C19H27N3O. The maximum Gasteiger partial charge on any atom is 0.119 e. The van der Waals surface area contributed by atoms with Gasteiger partial charge in [-0.05, 0) is 50.3 Å². The van der Waals surface area contributed by atoms with Gasteiger partial charge in [0.25, 0.3) is 0 Å². The first-order valence-corrected chi connectivity index (χ1v) is 8.15. The predicted octanol–water partition coefficient (Wildman–Crippen LogP) is 3.04. The molecule has 4 heteroatoms. The Morgan fingerprint density at radius 2 is 1.70 bits per heavy atom. The number of nitrogens with zero attached hydrogens (tertiary/aromatic N) is 3. The van der Waals surface area contributed by atoms with Gasteiger partial charge in [0, 0.05) is 38.6 Å². The van der Waals surface area contributed by atoms with Crippen LogP contribution in [0.1, 0.15) is 18.1 Å². The standard InChI is InChI=1S/C19H27N3O/c1-4-23-19-9-7-17(8-10-19)15-22(13-12-21(2)3)16-18-6-5-11-20-14-18/h5-11,14H,4,12-13,15-16H2,1-3H3. The number of rotatable bonds is 9. The lowest BCUT2D eigenvalue weighted by Crippen LogP contribution is -2.31. The van der Waals surface area contributed by atoms with Crippen molar-refractivity contribution in [2.45, 2.75) is 20.0 Å². The average Bonchev–Trinajstić information content (AvgIpc) is 2.55. The molecule has 0 bridgehead atoms. The van der Waals surface area contributed by atoms with Crippen molar-refractivity contribution in [1.29, 1.82) is 0 Å². The lowest BCUT2D eigenvalue weighted by atomic mass is 10.2. The molecule has 124 valence electrons. The largest absolute Gasteiger partial charge is 0.494 e. The minimum atomic E-state index is 0.704. The molecule has 0 saturated carbocycles. The highest BCUT2D eigenvalue weighted by atomic mass is 16.5. The Hall–Kier alpha value is -1.91. The number of likely N-dealkylation sites (N-methyl/N-ethyl adjacent to an activating group) is 1. The second-order valence-electron chi connectivity index (χ2n) is 5.95. The highest BCUT2D eigenvalue weighted by Crippen LogP contribution is 2.15. The highest BCUT2D eigenvalue weighted by molar-refractivity contribution is 5.27. The van der Waals surface area contributed by atoms with E-state index in [1.807, 2.05) is 37.5 Å². The maximum atomic E-state index is 5.51. The predicted molar refractivity (Wildman–Crippen MR) is 94.5 cm³/mol. The molecule has 0 aliphatic rings. The quantitative estimate of drug-likeness (QED) is 0.711. The fourth-order valence-corrected chi connectivity index (χ4v) is 2.42. The molecule has 0 amide bonds. The van der Waals surface area contributed by atoms with E-state index in [0.29, 0.717) is 6.61 Å². The average molecular weight is 313 g/mol. The van der Waals surface area contributed by atoms with Gasteiger partial charge < -0.3 is 9.64 Å². The van der Waals surface area contributed by atoms with Crippen LogP contribution in [0, 0.1) is 0 Å². The van der Waals surface area contributed by atoms with Crippen molar-refractivity contribution < 1.29 is 4.74 Å². The summed E-state index contributed by atoms with van der Waals surface area (Å²) in [4.78, 5) is 8.89. The summed E-state index contributed by atoms with van der Waals surface area (Å²) in [5, 5.41) is 0. The Balaban J connectivity index is 2.00. The number of aromatic nitrogens is 1. The first-order chi connectivity index (χ1) is 11.2. The Morgan fingerprint density at radius 1 is 0.957 bits per heavy atom. The van der Waals surface area contributed by atoms with Gasteiger partial charge in [0.1, 0.15) is 5.75 Å². The van der Waals surface area contributed by atoms with Crippen molar-refractivity contribution in [3.8, 4) is 5.75 Å². The van der Waals surface area contributed by atoms with Crippen LogP contribution in [0.15, 0.2) is 48.8 Å². The lowest BCUT2D eigenvalue weighted by Gasteiger charge is -2.24. The van der Waals surface area contributed by atoms with E-state index in [1.54, 1.807) is 0 Å². The lowest BCUT2D eigenvalue weighted by molar-refractivity contribution is 0.226. The zero-order valence-electron chi connectivity index (χ0n) is 14.4. The van der Waals surface area contributed by atoms with E-state index in [4.69, 9.17) is 4.74 Å². The van der Waals surface area contributed by atoms with Crippen LogP contribution < -0.4 is 4.74 Å². The van der Waals surface area contributed by atoms with Gasteiger partial charge in [-0.25, -0.2) is 0 Å². The molecule has 0 fully saturated rings. The molecule has 0 atom stereocenters. The minimum Gasteiger partial charge on any atom is -0.494 e. The van der Waals surface area contributed by atoms with Gasteiger partial charge in [0.2, 0.25) is 0 Å². The molecule has 2 aromatic rings. The summed E-state index contributed by atoms with van der Waals surface area (Å²) < 4.78 is 5.51. The molecule has 0 unspecified atom stereocenters. The fraction of sp³-hybridized carbons (Fsp3) is 0.421. The van der Waals surface area contributed by atoms with Crippen molar-refractivity contribution in [3.63, 3.8) is 0 Å². The molecule has 23 heavy (non-hydrogen) atoms.